The van der Waals surface area contributed by atoms with Crippen molar-refractivity contribution in [3.63, 3.8) is 0 Å². The van der Waals surface area contributed by atoms with E-state index in [0.29, 0.717) is 0 Å². The van der Waals surface area contributed by atoms with Crippen LogP contribution in [0.3, 0.4) is 0 Å². The lowest BCUT2D eigenvalue weighted by molar-refractivity contribution is -0.144. The van der Waals surface area contributed by atoms with Gasteiger partial charge in [-0.05, 0) is 0 Å². The van der Waals surface area contributed by atoms with Crippen molar-refractivity contribution in [3.8, 4) is 0 Å². The molecule has 0 bridgehead atoms. The third-order valence-corrected chi connectivity index (χ3v) is 4.75. The van der Waals surface area contributed by atoms with E-state index < -0.39 is 40.7 Å². The number of hydrogen-bond acceptors (Lipinski definition) is 11. The normalized spacial score (nSPS) is 20.8. The van der Waals surface area contributed by atoms with Gasteiger partial charge in [0.25, 0.3) is 11.8 Å². The second-order valence-electron chi connectivity index (χ2n) is 4.64. The quantitative estimate of drug-likeness (QED) is 0.160. The number of amides is 2. The highest BCUT2D eigenvalue weighted by atomic mass is 32.2. The van der Waals surface area contributed by atoms with E-state index in [4.69, 9.17) is 10.3 Å². The van der Waals surface area contributed by atoms with Crippen LogP contribution in [0.2, 0.25) is 0 Å². The zero-order valence-corrected chi connectivity index (χ0v) is 14.2. The smallest absolute Gasteiger partial charge is 0.362 e. The summed E-state index contributed by atoms with van der Waals surface area (Å²) in [5, 5.41) is 9.79. The molecule has 0 unspecified atom stereocenters. The van der Waals surface area contributed by atoms with Gasteiger partial charge in [-0.15, -0.1) is 11.3 Å². The van der Waals surface area contributed by atoms with Gasteiger partial charge in [0.05, 0.1) is 0 Å². The second-order valence-corrected chi connectivity index (χ2v) is 6.81. The molecule has 13 nitrogen and oxygen atoms in total. The number of rotatable bonds is 7. The highest BCUT2D eigenvalue weighted by Gasteiger charge is 2.54. The molecule has 15 heteroatoms. The van der Waals surface area contributed by atoms with Crippen molar-refractivity contribution < 1.29 is 27.4 Å². The molecule has 0 aromatic carbocycles. The van der Waals surface area contributed by atoms with Gasteiger partial charge in [0.15, 0.2) is 10.8 Å². The van der Waals surface area contributed by atoms with Crippen molar-refractivity contribution >= 4 is 44.3 Å². The monoisotopic (exact) mass is 392 g/mol. The number of nitrogen functional groups attached to an aromatic ring is 1. The predicted molar refractivity (Wildman–Crippen MR) is 84.8 cm³/mol. The van der Waals surface area contributed by atoms with E-state index in [1.807, 2.05) is 0 Å². The Balaban J connectivity index is 2.22. The lowest BCUT2D eigenvalue weighted by Gasteiger charge is -2.42. The van der Waals surface area contributed by atoms with Gasteiger partial charge in [0.2, 0.25) is 0 Å². The van der Waals surface area contributed by atoms with Gasteiger partial charge in [-0.3, -0.25) is 14.1 Å². The number of nitrogens with one attached hydrogen (secondary N) is 1. The molecule has 25 heavy (non-hydrogen) atoms. The highest BCUT2D eigenvalue weighted by Crippen LogP contribution is 2.24. The Labute approximate surface area is 144 Å². The molecule has 1 aliphatic heterocycles. The van der Waals surface area contributed by atoms with E-state index >= 15 is 0 Å². The molecule has 0 radical (unpaired) electrons. The highest BCUT2D eigenvalue weighted by molar-refractivity contribution is 7.84. The van der Waals surface area contributed by atoms with Crippen LogP contribution in [0.25, 0.3) is 0 Å². The van der Waals surface area contributed by atoms with E-state index in [9.17, 15) is 22.9 Å². The van der Waals surface area contributed by atoms with E-state index in [1.54, 1.807) is 0 Å². The number of carbonyl (C=O) groups excluding carboxylic acids is 2. The maximum Gasteiger partial charge on any atom is 0.362 e. The molecule has 1 aromatic heterocycles. The fraction of sp³-hybridized carbons (Fsp3) is 0.400. The fourth-order valence-corrected chi connectivity index (χ4v) is 3.54. The molecule has 1 fully saturated rings. The average molecular weight is 392 g/mol. The number of carbonyl (C=O) groups is 2. The Morgan fingerprint density at radius 1 is 1.60 bits per heavy atom. The molecular weight excluding hydrogens is 380 g/mol. The average Bonchev–Trinajstić information content (AvgIpc) is 2.94. The number of thiazole rings is 1. The minimum Gasteiger partial charge on any atom is -0.398 e. The van der Waals surface area contributed by atoms with Gasteiger partial charge in [-0.2, -0.15) is 13.3 Å². The number of β-lactam (4-membered cyclic amide) rings is 1. The first-order valence-electron chi connectivity index (χ1n) is 6.44. The molecule has 136 valence electrons. The van der Waals surface area contributed by atoms with Crippen molar-refractivity contribution in [2.45, 2.75) is 12.1 Å². The molecule has 1 aliphatic rings. The van der Waals surface area contributed by atoms with Crippen LogP contribution in [0.15, 0.2) is 15.7 Å². The SMILES string of the molecule is CON=C(C(=O)N[C@@H]1C(=O)N(S(=O)(=O)O)[C@@H]1CN=O)c1csc(N)n1. The third kappa shape index (κ3) is 3.72. The van der Waals surface area contributed by atoms with E-state index in [1.165, 1.54) is 12.5 Å². The number of nitrogens with zero attached hydrogens (tertiary/aromatic N) is 4. The van der Waals surface area contributed by atoms with Crippen molar-refractivity contribution in [3.05, 3.63) is 16.0 Å². The molecule has 0 aliphatic carbocycles. The Hall–Kier alpha value is -2.65. The number of hydrogen-bond donors (Lipinski definition) is 3. The fourth-order valence-electron chi connectivity index (χ4n) is 2.12. The molecule has 1 aromatic rings. The Bertz CT molecular complexity index is 835. The first-order valence-corrected chi connectivity index (χ1v) is 8.71. The van der Waals surface area contributed by atoms with Crippen LogP contribution < -0.4 is 11.1 Å². The van der Waals surface area contributed by atoms with E-state index in [0.717, 1.165) is 11.3 Å². The van der Waals surface area contributed by atoms with Crippen LogP contribution in [-0.2, 0) is 24.7 Å². The van der Waals surface area contributed by atoms with Crippen molar-refractivity contribution in [1.82, 2.24) is 14.6 Å². The number of anilines is 1. The maximum absolute atomic E-state index is 12.3. The maximum atomic E-state index is 12.3. The first-order chi connectivity index (χ1) is 11.7. The molecule has 4 N–H and O–H groups in total. The number of oxime groups is 1. The molecule has 2 rings (SSSR count). The summed E-state index contributed by atoms with van der Waals surface area (Å²) < 4.78 is 31.3. The minimum absolute atomic E-state index is 0.0628. The zero-order valence-electron chi connectivity index (χ0n) is 12.5. The van der Waals surface area contributed by atoms with Crippen LogP contribution >= 0.6 is 11.3 Å². The summed E-state index contributed by atoms with van der Waals surface area (Å²) in [5.41, 5.74) is 5.24. The molecular formula is C10H12N6O7S2. The summed E-state index contributed by atoms with van der Waals surface area (Å²) in [5.74, 6) is -2.05. The molecule has 2 amide bonds. The zero-order chi connectivity index (χ0) is 18.8. The van der Waals surface area contributed by atoms with E-state index in [2.05, 4.69) is 25.5 Å². The molecule has 0 spiro atoms. The molecule has 1 saturated heterocycles. The Morgan fingerprint density at radius 3 is 2.76 bits per heavy atom. The summed E-state index contributed by atoms with van der Waals surface area (Å²) in [7, 11) is -3.71. The predicted octanol–water partition coefficient (Wildman–Crippen LogP) is -1.66. The van der Waals surface area contributed by atoms with Crippen molar-refractivity contribution in [2.75, 3.05) is 19.4 Å². The topological polar surface area (TPSA) is 194 Å². The summed E-state index contributed by atoms with van der Waals surface area (Å²) in [4.78, 5) is 43.0. The number of nitroso groups, excluding NO2 is 1. The minimum atomic E-state index is -4.88. The largest absolute Gasteiger partial charge is 0.398 e. The van der Waals surface area contributed by atoms with Gasteiger partial charge in [0.1, 0.15) is 31.4 Å². The molecule has 2 heterocycles. The van der Waals surface area contributed by atoms with Gasteiger partial charge >= 0.3 is 10.3 Å². The Kier molecular flexibility index (Phi) is 5.29. The van der Waals surface area contributed by atoms with Crippen LogP contribution in [0.5, 0.6) is 0 Å². The molecule has 2 atom stereocenters. The lowest BCUT2D eigenvalue weighted by atomic mass is 9.98. The first kappa shape index (κ1) is 18.7. The van der Waals surface area contributed by atoms with Gasteiger partial charge < -0.3 is 15.9 Å². The van der Waals surface area contributed by atoms with Crippen LogP contribution in [0.1, 0.15) is 5.69 Å². The van der Waals surface area contributed by atoms with Crippen LogP contribution in [0.4, 0.5) is 5.13 Å². The standard InChI is InChI=1S/C10H12N6O7S2/c1-23-15-6(4-3-24-10(11)13-4)8(17)14-7-5(2-12-19)16(9(7)18)25(20,21)22/h3,5,7H,2H2,1H3,(H2,11,13)(H,14,17)(H,20,21,22)/t5-,7+/m1/s1. The summed E-state index contributed by atoms with van der Waals surface area (Å²) >= 11 is 1.03. The van der Waals surface area contributed by atoms with Gasteiger partial charge in [-0.1, -0.05) is 10.3 Å². The third-order valence-electron chi connectivity index (χ3n) is 3.13. The van der Waals surface area contributed by atoms with Gasteiger partial charge in [-0.25, -0.2) is 9.29 Å². The van der Waals surface area contributed by atoms with Crippen LogP contribution in [0, 0.1) is 4.91 Å². The summed E-state index contributed by atoms with van der Waals surface area (Å²) in [6.45, 7) is -0.656. The van der Waals surface area contributed by atoms with E-state index in [-0.39, 0.29) is 20.8 Å². The second kappa shape index (κ2) is 7.08. The summed E-state index contributed by atoms with van der Waals surface area (Å²) in [6.07, 6.45) is 0. The summed E-state index contributed by atoms with van der Waals surface area (Å²) in [6, 6.07) is -2.75. The number of nitrogens with two attached hydrogens (primary N) is 1. The van der Waals surface area contributed by atoms with Crippen molar-refractivity contribution in [2.24, 2.45) is 10.3 Å². The lowest BCUT2D eigenvalue weighted by Crippen LogP contribution is -2.73. The molecule has 0 saturated carbocycles. The van der Waals surface area contributed by atoms with Crippen LogP contribution in [-0.4, -0.2) is 65.5 Å². The number of aromatic nitrogens is 1. The Morgan fingerprint density at radius 2 is 2.28 bits per heavy atom. The van der Waals surface area contributed by atoms with Gasteiger partial charge in [0, 0.05) is 5.38 Å². The van der Waals surface area contributed by atoms with Crippen molar-refractivity contribution in [1.29, 1.82) is 0 Å².